The van der Waals surface area contributed by atoms with E-state index >= 15 is 0 Å². The lowest BCUT2D eigenvalue weighted by Gasteiger charge is -1.83. The molecule has 15 heavy (non-hydrogen) atoms. The quantitative estimate of drug-likeness (QED) is 0.653. The second-order valence-corrected chi connectivity index (χ2v) is 6.26. The maximum Gasteiger partial charge on any atom is 0.157 e. The summed E-state index contributed by atoms with van der Waals surface area (Å²) < 4.78 is 2.63. The van der Waals surface area contributed by atoms with Crippen LogP contribution in [0.15, 0.2) is 17.5 Å². The lowest BCUT2D eigenvalue weighted by molar-refractivity contribution is 1.04. The molecule has 0 fully saturated rings. The van der Waals surface area contributed by atoms with E-state index in [0.717, 1.165) is 10.0 Å². The number of fused-ring (bicyclic) bond motifs is 1. The van der Waals surface area contributed by atoms with Gasteiger partial charge in [0.1, 0.15) is 5.01 Å². The van der Waals surface area contributed by atoms with Gasteiger partial charge in [0.15, 0.2) is 5.01 Å². The number of hydrogen-bond acceptors (Lipinski definition) is 5. The summed E-state index contributed by atoms with van der Waals surface area (Å²) in [5.74, 6) is 0.442. The van der Waals surface area contributed by atoms with E-state index in [9.17, 15) is 0 Å². The highest BCUT2D eigenvalue weighted by molar-refractivity contribution is 7.30. The minimum absolute atomic E-state index is 0.442. The van der Waals surface area contributed by atoms with Gasteiger partial charge in [-0.2, -0.15) is 0 Å². The molecule has 0 aliphatic rings. The first-order valence-corrected chi connectivity index (χ1v) is 7.27. The fourth-order valence-electron chi connectivity index (χ4n) is 1.28. The van der Waals surface area contributed by atoms with Crippen LogP contribution in [-0.2, 0) is 5.88 Å². The van der Waals surface area contributed by atoms with Gasteiger partial charge in [0.05, 0.1) is 10.8 Å². The van der Waals surface area contributed by atoms with E-state index in [-0.39, 0.29) is 0 Å². The summed E-state index contributed by atoms with van der Waals surface area (Å²) in [5.41, 5.74) is 0. The van der Waals surface area contributed by atoms with Gasteiger partial charge in [-0.05, 0) is 17.5 Å². The van der Waals surface area contributed by atoms with Crippen LogP contribution in [0.3, 0.4) is 0 Å². The molecule has 0 aromatic carbocycles. The first-order chi connectivity index (χ1) is 7.36. The maximum atomic E-state index is 5.70. The molecule has 2 nitrogen and oxygen atoms in total. The number of alkyl halides is 1. The molecule has 0 saturated carbocycles. The van der Waals surface area contributed by atoms with Crippen LogP contribution in [0.5, 0.6) is 0 Å². The largest absolute Gasteiger partial charge is 0.157 e. The second-order valence-electron chi connectivity index (χ2n) is 2.89. The lowest BCUT2D eigenvalue weighted by atomic mass is 10.4. The summed E-state index contributed by atoms with van der Waals surface area (Å²) in [6.07, 6.45) is 0. The number of halogens is 1. The van der Waals surface area contributed by atoms with E-state index in [2.05, 4.69) is 27.7 Å². The normalized spacial score (nSPS) is 11.3. The molecule has 3 aromatic heterocycles. The molecule has 0 saturated heterocycles. The predicted octanol–water partition coefficient (Wildman–Crippen LogP) is 4.22. The van der Waals surface area contributed by atoms with Crippen molar-refractivity contribution in [2.24, 2.45) is 0 Å². The smallest absolute Gasteiger partial charge is 0.143 e. The SMILES string of the molecule is ClCc1nnc(-c2cc3sccc3s2)s1. The fourth-order valence-corrected chi connectivity index (χ4v) is 4.33. The van der Waals surface area contributed by atoms with Crippen molar-refractivity contribution in [2.45, 2.75) is 5.88 Å². The minimum Gasteiger partial charge on any atom is -0.143 e. The van der Waals surface area contributed by atoms with E-state index in [1.807, 2.05) is 0 Å². The van der Waals surface area contributed by atoms with Crippen LogP contribution < -0.4 is 0 Å². The number of aromatic nitrogens is 2. The Labute approximate surface area is 103 Å². The highest BCUT2D eigenvalue weighted by Crippen LogP contribution is 2.37. The Bertz CT molecular complexity index is 567. The van der Waals surface area contributed by atoms with Gasteiger partial charge in [0.25, 0.3) is 0 Å². The molecule has 3 aromatic rings. The molecular formula is C9H5ClN2S3. The van der Waals surface area contributed by atoms with E-state index in [4.69, 9.17) is 11.6 Å². The van der Waals surface area contributed by atoms with Crippen molar-refractivity contribution in [3.8, 4) is 9.88 Å². The molecule has 76 valence electrons. The molecule has 3 heterocycles. The minimum atomic E-state index is 0.442. The number of hydrogen-bond donors (Lipinski definition) is 0. The summed E-state index contributed by atoms with van der Waals surface area (Å²) in [5, 5.41) is 12.1. The third-order valence-electron chi connectivity index (χ3n) is 1.93. The van der Waals surface area contributed by atoms with E-state index < -0.39 is 0 Å². The Balaban J connectivity index is 2.09. The highest BCUT2D eigenvalue weighted by atomic mass is 35.5. The van der Waals surface area contributed by atoms with Gasteiger partial charge >= 0.3 is 0 Å². The van der Waals surface area contributed by atoms with E-state index in [0.29, 0.717) is 5.88 Å². The van der Waals surface area contributed by atoms with E-state index in [1.54, 1.807) is 34.0 Å². The molecule has 0 radical (unpaired) electrons. The molecule has 3 rings (SSSR count). The zero-order valence-electron chi connectivity index (χ0n) is 7.44. The zero-order chi connectivity index (χ0) is 10.3. The van der Waals surface area contributed by atoms with Crippen molar-refractivity contribution >= 4 is 55.0 Å². The molecule has 0 aliphatic carbocycles. The second kappa shape index (κ2) is 3.83. The Morgan fingerprint density at radius 1 is 1.20 bits per heavy atom. The lowest BCUT2D eigenvalue weighted by Crippen LogP contribution is -1.73. The monoisotopic (exact) mass is 272 g/mol. The molecule has 6 heteroatoms. The van der Waals surface area contributed by atoms with Crippen LogP contribution in [0.1, 0.15) is 5.01 Å². The van der Waals surface area contributed by atoms with Crippen LogP contribution in [0.25, 0.3) is 19.3 Å². The van der Waals surface area contributed by atoms with Crippen molar-refractivity contribution in [3.63, 3.8) is 0 Å². The average molecular weight is 273 g/mol. The summed E-state index contributed by atoms with van der Waals surface area (Å²) in [7, 11) is 0. The predicted molar refractivity (Wildman–Crippen MR) is 68.2 cm³/mol. The Hall–Kier alpha value is -0.490. The molecule has 0 unspecified atom stereocenters. The van der Waals surface area contributed by atoms with Crippen molar-refractivity contribution in [2.75, 3.05) is 0 Å². The molecule has 0 N–H and O–H groups in total. The topological polar surface area (TPSA) is 25.8 Å². The third kappa shape index (κ3) is 1.69. The first kappa shape index (κ1) is 9.72. The molecular weight excluding hydrogens is 268 g/mol. The van der Waals surface area contributed by atoms with Crippen molar-refractivity contribution in [3.05, 3.63) is 22.5 Å². The van der Waals surface area contributed by atoms with E-state index in [1.165, 1.54) is 14.3 Å². The first-order valence-electron chi connectivity index (χ1n) is 4.22. The summed E-state index contributed by atoms with van der Waals surface area (Å²) in [6, 6.07) is 4.31. The van der Waals surface area contributed by atoms with Gasteiger partial charge in [-0.1, -0.05) is 11.3 Å². The summed E-state index contributed by atoms with van der Waals surface area (Å²) in [4.78, 5) is 1.19. The van der Waals surface area contributed by atoms with Gasteiger partial charge in [-0.25, -0.2) is 0 Å². The third-order valence-corrected chi connectivity index (χ3v) is 5.53. The number of thiophene rings is 2. The highest BCUT2D eigenvalue weighted by Gasteiger charge is 2.10. The Morgan fingerprint density at radius 2 is 2.13 bits per heavy atom. The van der Waals surface area contributed by atoms with Gasteiger partial charge < -0.3 is 0 Å². The van der Waals surface area contributed by atoms with Crippen molar-refractivity contribution in [1.29, 1.82) is 0 Å². The maximum absolute atomic E-state index is 5.70. The molecule has 0 spiro atoms. The number of rotatable bonds is 2. The standard InChI is InChI=1S/C9H5ClN2S3/c10-4-8-11-12-9(15-8)7-3-6-5(14-7)1-2-13-6/h1-3H,4H2. The van der Waals surface area contributed by atoms with Crippen LogP contribution in [0.2, 0.25) is 0 Å². The van der Waals surface area contributed by atoms with Gasteiger partial charge in [-0.3, -0.25) is 0 Å². The fraction of sp³-hybridized carbons (Fsp3) is 0.111. The van der Waals surface area contributed by atoms with Crippen LogP contribution in [0, 0.1) is 0 Å². The number of nitrogens with zero attached hydrogens (tertiary/aromatic N) is 2. The van der Waals surface area contributed by atoms with Crippen LogP contribution >= 0.6 is 45.6 Å². The molecule has 0 bridgehead atoms. The van der Waals surface area contributed by atoms with Crippen molar-refractivity contribution < 1.29 is 0 Å². The molecule has 0 aliphatic heterocycles. The van der Waals surface area contributed by atoms with Crippen molar-refractivity contribution in [1.82, 2.24) is 10.2 Å². The van der Waals surface area contributed by atoms with Gasteiger partial charge in [0, 0.05) is 9.40 Å². The van der Waals surface area contributed by atoms with Gasteiger partial charge in [0.2, 0.25) is 0 Å². The summed E-state index contributed by atoms with van der Waals surface area (Å²) in [6.45, 7) is 0. The van der Waals surface area contributed by atoms with Crippen LogP contribution in [-0.4, -0.2) is 10.2 Å². The summed E-state index contributed by atoms with van der Waals surface area (Å²) >= 11 is 10.8. The zero-order valence-corrected chi connectivity index (χ0v) is 10.6. The molecule has 0 atom stereocenters. The molecule has 0 amide bonds. The average Bonchev–Trinajstić information content (AvgIpc) is 2.91. The Kier molecular flexibility index (Phi) is 2.48. The van der Waals surface area contributed by atoms with Crippen LogP contribution in [0.4, 0.5) is 0 Å². The van der Waals surface area contributed by atoms with Gasteiger partial charge in [-0.15, -0.1) is 44.5 Å². The Morgan fingerprint density at radius 3 is 2.87 bits per heavy atom.